The Labute approximate surface area is 101 Å². The zero-order chi connectivity index (χ0) is 12.0. The van der Waals surface area contributed by atoms with Crippen LogP contribution < -0.4 is 5.73 Å². The SMILES string of the molecule is COCC(O)(CCCN)c1ccc(Cl)cc1. The lowest BCUT2D eigenvalue weighted by Crippen LogP contribution is -2.32. The Hall–Kier alpha value is -0.610. The van der Waals surface area contributed by atoms with Gasteiger partial charge in [-0.05, 0) is 37.1 Å². The van der Waals surface area contributed by atoms with Gasteiger partial charge in [-0.25, -0.2) is 0 Å². The molecule has 90 valence electrons. The molecular formula is C12H18ClNO2. The maximum atomic E-state index is 10.5. The van der Waals surface area contributed by atoms with E-state index in [1.54, 1.807) is 19.2 Å². The van der Waals surface area contributed by atoms with E-state index in [-0.39, 0.29) is 6.61 Å². The lowest BCUT2D eigenvalue weighted by molar-refractivity contribution is -0.0429. The largest absolute Gasteiger partial charge is 0.383 e. The van der Waals surface area contributed by atoms with Crippen molar-refractivity contribution >= 4 is 11.6 Å². The van der Waals surface area contributed by atoms with Crippen molar-refractivity contribution < 1.29 is 9.84 Å². The monoisotopic (exact) mass is 243 g/mol. The van der Waals surface area contributed by atoms with Crippen molar-refractivity contribution in [2.45, 2.75) is 18.4 Å². The van der Waals surface area contributed by atoms with E-state index in [0.717, 1.165) is 12.0 Å². The highest BCUT2D eigenvalue weighted by Gasteiger charge is 2.28. The summed E-state index contributed by atoms with van der Waals surface area (Å²) in [6.07, 6.45) is 1.33. The number of hydrogen-bond donors (Lipinski definition) is 2. The van der Waals surface area contributed by atoms with E-state index in [1.165, 1.54) is 0 Å². The Morgan fingerprint density at radius 2 is 2.00 bits per heavy atom. The molecule has 3 N–H and O–H groups in total. The first-order valence-corrected chi connectivity index (χ1v) is 5.67. The number of rotatable bonds is 6. The van der Waals surface area contributed by atoms with Gasteiger partial charge in [0.05, 0.1) is 6.61 Å². The molecule has 0 aromatic heterocycles. The van der Waals surface area contributed by atoms with Crippen LogP contribution in [0.2, 0.25) is 5.02 Å². The molecule has 0 aliphatic carbocycles. The summed E-state index contributed by atoms with van der Waals surface area (Å²) in [5, 5.41) is 11.1. The Kier molecular flexibility index (Phi) is 5.22. The summed E-state index contributed by atoms with van der Waals surface area (Å²) in [6.45, 7) is 0.814. The molecule has 0 aliphatic heterocycles. The molecule has 0 aliphatic rings. The summed E-state index contributed by atoms with van der Waals surface area (Å²) < 4.78 is 5.06. The molecule has 16 heavy (non-hydrogen) atoms. The molecule has 4 heteroatoms. The Morgan fingerprint density at radius 1 is 1.38 bits per heavy atom. The van der Waals surface area contributed by atoms with E-state index in [0.29, 0.717) is 18.0 Å². The molecule has 0 spiro atoms. The van der Waals surface area contributed by atoms with Gasteiger partial charge in [0, 0.05) is 12.1 Å². The second kappa shape index (κ2) is 6.21. The van der Waals surface area contributed by atoms with Crippen LogP contribution >= 0.6 is 11.6 Å². The van der Waals surface area contributed by atoms with Crippen LogP contribution in [-0.2, 0) is 10.3 Å². The highest BCUT2D eigenvalue weighted by atomic mass is 35.5. The second-order valence-electron chi connectivity index (χ2n) is 3.86. The molecule has 0 fully saturated rings. The van der Waals surface area contributed by atoms with Crippen LogP contribution in [0.5, 0.6) is 0 Å². The first-order valence-electron chi connectivity index (χ1n) is 5.30. The minimum atomic E-state index is -0.974. The van der Waals surface area contributed by atoms with Crippen molar-refractivity contribution in [3.8, 4) is 0 Å². The molecule has 0 bridgehead atoms. The first-order chi connectivity index (χ1) is 7.62. The van der Waals surface area contributed by atoms with E-state index in [1.807, 2.05) is 12.1 Å². The van der Waals surface area contributed by atoms with Crippen LogP contribution in [0, 0.1) is 0 Å². The standard InChI is InChI=1S/C12H18ClNO2/c1-16-9-12(15,7-2-8-14)10-3-5-11(13)6-4-10/h3-6,15H,2,7-9,14H2,1H3. The number of hydrogen-bond acceptors (Lipinski definition) is 3. The van der Waals surface area contributed by atoms with E-state index >= 15 is 0 Å². The smallest absolute Gasteiger partial charge is 0.113 e. The third kappa shape index (κ3) is 3.46. The van der Waals surface area contributed by atoms with Crippen molar-refractivity contribution in [3.05, 3.63) is 34.9 Å². The topological polar surface area (TPSA) is 55.5 Å². The zero-order valence-corrected chi connectivity index (χ0v) is 10.2. The number of aliphatic hydroxyl groups is 1. The van der Waals surface area contributed by atoms with Gasteiger partial charge in [-0.2, -0.15) is 0 Å². The number of nitrogens with two attached hydrogens (primary N) is 1. The summed E-state index contributed by atoms with van der Waals surface area (Å²) in [7, 11) is 1.57. The molecule has 0 amide bonds. The third-order valence-corrected chi connectivity index (χ3v) is 2.81. The molecule has 3 nitrogen and oxygen atoms in total. The van der Waals surface area contributed by atoms with Crippen molar-refractivity contribution in [1.82, 2.24) is 0 Å². The molecule has 0 heterocycles. The molecular weight excluding hydrogens is 226 g/mol. The fraction of sp³-hybridized carbons (Fsp3) is 0.500. The summed E-state index contributed by atoms with van der Waals surface area (Å²) in [5.41, 5.74) is 5.30. The van der Waals surface area contributed by atoms with Crippen LogP contribution in [0.25, 0.3) is 0 Å². The molecule has 1 aromatic carbocycles. The summed E-state index contributed by atoms with van der Waals surface area (Å²) in [4.78, 5) is 0. The third-order valence-electron chi connectivity index (χ3n) is 2.56. The highest BCUT2D eigenvalue weighted by Crippen LogP contribution is 2.27. The summed E-state index contributed by atoms with van der Waals surface area (Å²) >= 11 is 5.81. The van der Waals surface area contributed by atoms with Crippen LogP contribution in [0.1, 0.15) is 18.4 Å². The minimum absolute atomic E-state index is 0.259. The van der Waals surface area contributed by atoms with Gasteiger partial charge < -0.3 is 15.6 Å². The molecule has 1 aromatic rings. The first kappa shape index (κ1) is 13.5. The Morgan fingerprint density at radius 3 is 2.50 bits per heavy atom. The molecule has 1 unspecified atom stereocenters. The predicted molar refractivity (Wildman–Crippen MR) is 65.5 cm³/mol. The average Bonchev–Trinajstić information content (AvgIpc) is 2.27. The van der Waals surface area contributed by atoms with E-state index in [9.17, 15) is 5.11 Å². The maximum absolute atomic E-state index is 10.5. The van der Waals surface area contributed by atoms with Gasteiger partial charge in [0.15, 0.2) is 0 Å². The molecule has 0 saturated carbocycles. The Balaban J connectivity index is 2.86. The van der Waals surface area contributed by atoms with Crippen LogP contribution in [-0.4, -0.2) is 25.4 Å². The average molecular weight is 244 g/mol. The van der Waals surface area contributed by atoms with Crippen molar-refractivity contribution in [3.63, 3.8) is 0 Å². The van der Waals surface area contributed by atoms with Crippen LogP contribution in [0.15, 0.2) is 24.3 Å². The van der Waals surface area contributed by atoms with Crippen molar-refractivity contribution in [2.24, 2.45) is 5.73 Å². The quantitative estimate of drug-likeness (QED) is 0.803. The predicted octanol–water partition coefficient (Wildman–Crippen LogP) is 1.91. The zero-order valence-electron chi connectivity index (χ0n) is 9.45. The van der Waals surface area contributed by atoms with Gasteiger partial charge in [0.2, 0.25) is 0 Å². The van der Waals surface area contributed by atoms with E-state index < -0.39 is 5.60 Å². The second-order valence-corrected chi connectivity index (χ2v) is 4.30. The molecule has 1 rings (SSSR count). The summed E-state index contributed by atoms with van der Waals surface area (Å²) in [6, 6.07) is 7.16. The number of methoxy groups -OCH3 is 1. The van der Waals surface area contributed by atoms with E-state index in [2.05, 4.69) is 0 Å². The van der Waals surface area contributed by atoms with Gasteiger partial charge >= 0.3 is 0 Å². The normalized spacial score (nSPS) is 14.8. The van der Waals surface area contributed by atoms with E-state index in [4.69, 9.17) is 22.1 Å². The lowest BCUT2D eigenvalue weighted by atomic mass is 9.90. The van der Waals surface area contributed by atoms with Crippen molar-refractivity contribution in [1.29, 1.82) is 0 Å². The van der Waals surface area contributed by atoms with Gasteiger partial charge in [-0.3, -0.25) is 0 Å². The fourth-order valence-corrected chi connectivity index (χ4v) is 1.82. The summed E-state index contributed by atoms with van der Waals surface area (Å²) in [5.74, 6) is 0. The maximum Gasteiger partial charge on any atom is 0.113 e. The molecule has 1 atom stereocenters. The van der Waals surface area contributed by atoms with Gasteiger partial charge in [-0.1, -0.05) is 23.7 Å². The van der Waals surface area contributed by atoms with Gasteiger partial charge in [0.25, 0.3) is 0 Å². The number of halogens is 1. The van der Waals surface area contributed by atoms with Crippen LogP contribution in [0.4, 0.5) is 0 Å². The fourth-order valence-electron chi connectivity index (χ4n) is 1.69. The molecule has 0 radical (unpaired) electrons. The lowest BCUT2D eigenvalue weighted by Gasteiger charge is -2.27. The minimum Gasteiger partial charge on any atom is -0.383 e. The molecule has 0 saturated heterocycles. The number of ether oxygens (including phenoxy) is 1. The number of benzene rings is 1. The van der Waals surface area contributed by atoms with Crippen LogP contribution in [0.3, 0.4) is 0 Å². The van der Waals surface area contributed by atoms with Gasteiger partial charge in [-0.15, -0.1) is 0 Å². The highest BCUT2D eigenvalue weighted by molar-refractivity contribution is 6.30. The Bertz CT molecular complexity index is 315. The van der Waals surface area contributed by atoms with Gasteiger partial charge in [0.1, 0.15) is 5.60 Å². The van der Waals surface area contributed by atoms with Crippen molar-refractivity contribution in [2.75, 3.05) is 20.3 Å².